The highest BCUT2D eigenvalue weighted by molar-refractivity contribution is 5.26. The summed E-state index contributed by atoms with van der Waals surface area (Å²) in [5.41, 5.74) is 1.14. The maximum atomic E-state index is 8.57. The summed E-state index contributed by atoms with van der Waals surface area (Å²) in [7, 11) is 1.65. The van der Waals surface area contributed by atoms with Crippen molar-refractivity contribution in [3.8, 4) is 5.75 Å². The summed E-state index contributed by atoms with van der Waals surface area (Å²) in [4.78, 5) is 0. The molecule has 0 spiro atoms. The lowest BCUT2D eigenvalue weighted by molar-refractivity contribution is 0.112. The number of hydrogen-bond acceptors (Lipinski definition) is 3. The third-order valence-electron chi connectivity index (χ3n) is 2.12. The van der Waals surface area contributed by atoms with Gasteiger partial charge in [-0.05, 0) is 30.5 Å². The first-order chi connectivity index (χ1) is 7.36. The molecule has 0 heterocycles. The van der Waals surface area contributed by atoms with Crippen molar-refractivity contribution in [2.45, 2.75) is 19.4 Å². The van der Waals surface area contributed by atoms with E-state index in [0.29, 0.717) is 13.2 Å². The summed E-state index contributed by atoms with van der Waals surface area (Å²) in [5, 5.41) is 8.57. The molecule has 0 bridgehead atoms. The average molecular weight is 210 g/mol. The van der Waals surface area contributed by atoms with Crippen LogP contribution in [0.4, 0.5) is 0 Å². The highest BCUT2D eigenvalue weighted by Crippen LogP contribution is 2.11. The summed E-state index contributed by atoms with van der Waals surface area (Å²) in [5.74, 6) is 0.860. The molecular weight excluding hydrogens is 192 g/mol. The zero-order valence-electron chi connectivity index (χ0n) is 9.11. The highest BCUT2D eigenvalue weighted by atomic mass is 16.5. The van der Waals surface area contributed by atoms with Gasteiger partial charge in [0, 0.05) is 13.2 Å². The molecule has 0 fully saturated rings. The van der Waals surface area contributed by atoms with Crippen molar-refractivity contribution < 1.29 is 14.6 Å². The number of rotatable bonds is 7. The first-order valence-corrected chi connectivity index (χ1v) is 5.18. The molecule has 3 heteroatoms. The Bertz CT molecular complexity index is 256. The van der Waals surface area contributed by atoms with E-state index in [9.17, 15) is 0 Å². The van der Waals surface area contributed by atoms with Crippen LogP contribution in [0.15, 0.2) is 24.3 Å². The molecule has 0 aliphatic heterocycles. The van der Waals surface area contributed by atoms with E-state index in [1.54, 1.807) is 7.11 Å². The molecule has 1 aromatic carbocycles. The van der Waals surface area contributed by atoms with Gasteiger partial charge in [0.1, 0.15) is 5.75 Å². The lowest BCUT2D eigenvalue weighted by atomic mass is 10.2. The second-order valence-corrected chi connectivity index (χ2v) is 3.33. The van der Waals surface area contributed by atoms with Crippen LogP contribution in [0, 0.1) is 0 Å². The first-order valence-electron chi connectivity index (χ1n) is 5.18. The molecule has 0 aliphatic carbocycles. The fourth-order valence-electron chi connectivity index (χ4n) is 1.23. The predicted molar refractivity (Wildman–Crippen MR) is 59.0 cm³/mol. The molecular formula is C12H18O3. The van der Waals surface area contributed by atoms with Gasteiger partial charge in [0.05, 0.1) is 13.7 Å². The first kappa shape index (κ1) is 12.0. The van der Waals surface area contributed by atoms with Crippen molar-refractivity contribution in [2.24, 2.45) is 0 Å². The Morgan fingerprint density at radius 2 is 1.87 bits per heavy atom. The minimum Gasteiger partial charge on any atom is -0.497 e. The van der Waals surface area contributed by atoms with E-state index >= 15 is 0 Å². The maximum Gasteiger partial charge on any atom is 0.118 e. The number of ether oxygens (including phenoxy) is 2. The maximum absolute atomic E-state index is 8.57. The van der Waals surface area contributed by atoms with Crippen LogP contribution in [0.25, 0.3) is 0 Å². The van der Waals surface area contributed by atoms with Gasteiger partial charge in [-0.15, -0.1) is 0 Å². The highest BCUT2D eigenvalue weighted by Gasteiger charge is 1.94. The SMILES string of the molecule is COc1ccc(COCCCCO)cc1. The molecule has 1 rings (SSSR count). The van der Waals surface area contributed by atoms with Gasteiger partial charge < -0.3 is 14.6 Å². The Kier molecular flexibility index (Phi) is 5.81. The van der Waals surface area contributed by atoms with Gasteiger partial charge >= 0.3 is 0 Å². The largest absolute Gasteiger partial charge is 0.497 e. The number of hydrogen-bond donors (Lipinski definition) is 1. The van der Waals surface area contributed by atoms with Gasteiger partial charge in [-0.1, -0.05) is 12.1 Å². The van der Waals surface area contributed by atoms with Gasteiger partial charge in [-0.3, -0.25) is 0 Å². The Labute approximate surface area is 90.6 Å². The van der Waals surface area contributed by atoms with E-state index in [1.165, 1.54) is 0 Å². The molecule has 0 aliphatic rings. The van der Waals surface area contributed by atoms with E-state index in [2.05, 4.69) is 0 Å². The van der Waals surface area contributed by atoms with E-state index in [4.69, 9.17) is 14.6 Å². The van der Waals surface area contributed by atoms with Crippen molar-refractivity contribution in [1.82, 2.24) is 0 Å². The van der Waals surface area contributed by atoms with Gasteiger partial charge in [-0.2, -0.15) is 0 Å². The van der Waals surface area contributed by atoms with Crippen molar-refractivity contribution in [3.63, 3.8) is 0 Å². The Morgan fingerprint density at radius 3 is 2.47 bits per heavy atom. The Morgan fingerprint density at radius 1 is 1.13 bits per heavy atom. The van der Waals surface area contributed by atoms with Crippen molar-refractivity contribution in [3.05, 3.63) is 29.8 Å². The van der Waals surface area contributed by atoms with E-state index in [-0.39, 0.29) is 6.61 Å². The second kappa shape index (κ2) is 7.26. The quantitative estimate of drug-likeness (QED) is 0.699. The average Bonchev–Trinajstić information content (AvgIpc) is 2.30. The van der Waals surface area contributed by atoms with Gasteiger partial charge in [0.2, 0.25) is 0 Å². The predicted octanol–water partition coefficient (Wildman–Crippen LogP) is 1.98. The van der Waals surface area contributed by atoms with Crippen LogP contribution in [-0.2, 0) is 11.3 Å². The minimum atomic E-state index is 0.242. The number of unbranched alkanes of at least 4 members (excludes halogenated alkanes) is 1. The molecule has 3 nitrogen and oxygen atoms in total. The van der Waals surface area contributed by atoms with Crippen LogP contribution < -0.4 is 4.74 Å². The molecule has 0 atom stereocenters. The van der Waals surface area contributed by atoms with E-state index < -0.39 is 0 Å². The zero-order valence-corrected chi connectivity index (χ0v) is 9.11. The molecule has 0 aromatic heterocycles. The molecule has 84 valence electrons. The normalized spacial score (nSPS) is 10.3. The van der Waals surface area contributed by atoms with Crippen LogP contribution in [0.1, 0.15) is 18.4 Å². The molecule has 0 radical (unpaired) electrons. The van der Waals surface area contributed by atoms with Gasteiger partial charge in [0.25, 0.3) is 0 Å². The zero-order chi connectivity index (χ0) is 10.9. The van der Waals surface area contributed by atoms with E-state index in [1.807, 2.05) is 24.3 Å². The molecule has 1 aromatic rings. The molecule has 0 saturated heterocycles. The standard InChI is InChI=1S/C12H18O3/c1-14-12-6-4-11(5-7-12)10-15-9-3-2-8-13/h4-7,13H,2-3,8-10H2,1H3. The van der Waals surface area contributed by atoms with Gasteiger partial charge in [0.15, 0.2) is 0 Å². The number of benzene rings is 1. The fraction of sp³-hybridized carbons (Fsp3) is 0.500. The van der Waals surface area contributed by atoms with Crippen LogP contribution >= 0.6 is 0 Å². The van der Waals surface area contributed by atoms with Crippen molar-refractivity contribution >= 4 is 0 Å². The molecule has 15 heavy (non-hydrogen) atoms. The summed E-state index contributed by atoms with van der Waals surface area (Å²) < 4.78 is 10.5. The topological polar surface area (TPSA) is 38.7 Å². The van der Waals surface area contributed by atoms with Crippen molar-refractivity contribution in [2.75, 3.05) is 20.3 Å². The van der Waals surface area contributed by atoms with E-state index in [0.717, 1.165) is 24.2 Å². The van der Waals surface area contributed by atoms with Crippen LogP contribution in [0.2, 0.25) is 0 Å². The number of methoxy groups -OCH3 is 1. The van der Waals surface area contributed by atoms with Crippen LogP contribution in [0.5, 0.6) is 5.75 Å². The molecule has 0 saturated carbocycles. The molecule has 0 amide bonds. The number of aliphatic hydroxyl groups is 1. The third kappa shape index (κ3) is 4.81. The summed E-state index contributed by atoms with van der Waals surface area (Å²) in [6.45, 7) is 1.56. The lowest BCUT2D eigenvalue weighted by Crippen LogP contribution is -1.96. The summed E-state index contributed by atoms with van der Waals surface area (Å²) >= 11 is 0. The molecule has 0 unspecified atom stereocenters. The number of aliphatic hydroxyl groups excluding tert-OH is 1. The fourth-order valence-corrected chi connectivity index (χ4v) is 1.23. The monoisotopic (exact) mass is 210 g/mol. The van der Waals surface area contributed by atoms with Crippen LogP contribution in [0.3, 0.4) is 0 Å². The Hall–Kier alpha value is -1.06. The molecule has 1 N–H and O–H groups in total. The summed E-state index contributed by atoms with van der Waals surface area (Å²) in [6.07, 6.45) is 1.72. The lowest BCUT2D eigenvalue weighted by Gasteiger charge is -2.04. The van der Waals surface area contributed by atoms with Gasteiger partial charge in [-0.25, -0.2) is 0 Å². The Balaban J connectivity index is 2.20. The summed E-state index contributed by atoms with van der Waals surface area (Å²) in [6, 6.07) is 7.83. The van der Waals surface area contributed by atoms with Crippen molar-refractivity contribution in [1.29, 1.82) is 0 Å². The third-order valence-corrected chi connectivity index (χ3v) is 2.12. The van der Waals surface area contributed by atoms with Crippen LogP contribution in [-0.4, -0.2) is 25.4 Å². The second-order valence-electron chi connectivity index (χ2n) is 3.33. The smallest absolute Gasteiger partial charge is 0.118 e. The minimum absolute atomic E-state index is 0.242.